The van der Waals surface area contributed by atoms with Gasteiger partial charge in [0.1, 0.15) is 18.8 Å². The largest absolute Gasteiger partial charge is 0.492 e. The Hall–Kier alpha value is -0.770. The van der Waals surface area contributed by atoms with Gasteiger partial charge < -0.3 is 14.4 Å². The van der Waals surface area contributed by atoms with Crippen molar-refractivity contribution in [2.75, 3.05) is 39.5 Å². The van der Waals surface area contributed by atoms with Gasteiger partial charge in [-0.25, -0.2) is 0 Å². The van der Waals surface area contributed by atoms with E-state index in [4.69, 9.17) is 21.1 Å². The molecular formula is C15H23ClNO2+. The number of hydrogen-bond acceptors (Lipinski definition) is 2. The average molecular weight is 285 g/mol. The minimum Gasteiger partial charge on any atom is -0.492 e. The molecule has 19 heavy (non-hydrogen) atoms. The molecule has 1 saturated heterocycles. The summed E-state index contributed by atoms with van der Waals surface area (Å²) in [4.78, 5) is 1.61. The predicted molar refractivity (Wildman–Crippen MR) is 77.4 cm³/mol. The summed E-state index contributed by atoms with van der Waals surface area (Å²) in [5.41, 5.74) is 2.37. The number of hydrogen-bond donors (Lipinski definition) is 1. The van der Waals surface area contributed by atoms with Crippen LogP contribution in [0.3, 0.4) is 0 Å². The molecular weight excluding hydrogens is 262 g/mol. The van der Waals surface area contributed by atoms with Gasteiger partial charge in [-0.1, -0.05) is 17.7 Å². The quantitative estimate of drug-likeness (QED) is 0.831. The molecule has 1 aromatic carbocycles. The van der Waals surface area contributed by atoms with Crippen molar-refractivity contribution in [3.63, 3.8) is 0 Å². The molecule has 0 amide bonds. The Kier molecular flexibility index (Phi) is 5.49. The molecule has 0 unspecified atom stereocenters. The number of quaternary nitrogens is 1. The summed E-state index contributed by atoms with van der Waals surface area (Å²) in [6.07, 6.45) is 1.05. The number of rotatable bonds is 5. The second kappa shape index (κ2) is 7.13. The van der Waals surface area contributed by atoms with Gasteiger partial charge in [-0.15, -0.1) is 0 Å². The van der Waals surface area contributed by atoms with Crippen molar-refractivity contribution < 1.29 is 14.4 Å². The second-order valence-electron chi connectivity index (χ2n) is 5.13. The molecule has 106 valence electrons. The molecule has 0 saturated carbocycles. The number of halogens is 1. The maximum absolute atomic E-state index is 6.18. The Morgan fingerprint density at radius 3 is 2.74 bits per heavy atom. The Morgan fingerprint density at radius 1 is 1.26 bits per heavy atom. The fraction of sp³-hybridized carbons (Fsp3) is 0.600. The van der Waals surface area contributed by atoms with Crippen LogP contribution in [0.1, 0.15) is 17.5 Å². The molecule has 3 nitrogen and oxygen atoms in total. The highest BCUT2D eigenvalue weighted by Gasteiger charge is 2.13. The van der Waals surface area contributed by atoms with Gasteiger partial charge in [0.15, 0.2) is 0 Å². The van der Waals surface area contributed by atoms with Crippen LogP contribution in [0.5, 0.6) is 5.75 Å². The predicted octanol–water partition coefficient (Wildman–Crippen LogP) is 1.64. The van der Waals surface area contributed by atoms with Crippen LogP contribution < -0.4 is 9.64 Å². The summed E-state index contributed by atoms with van der Waals surface area (Å²) in [6.45, 7) is 10.0. The van der Waals surface area contributed by atoms with Crippen LogP contribution in [-0.4, -0.2) is 39.5 Å². The average Bonchev–Trinajstić information content (AvgIpc) is 2.43. The number of nitrogens with one attached hydrogen (secondary N) is 1. The van der Waals surface area contributed by atoms with E-state index in [1.54, 1.807) is 4.90 Å². The molecule has 1 aliphatic rings. The van der Waals surface area contributed by atoms with E-state index < -0.39 is 0 Å². The van der Waals surface area contributed by atoms with Crippen LogP contribution >= 0.6 is 11.6 Å². The Morgan fingerprint density at radius 2 is 2.00 bits per heavy atom. The van der Waals surface area contributed by atoms with Crippen molar-refractivity contribution in [1.82, 2.24) is 0 Å². The highest BCUT2D eigenvalue weighted by atomic mass is 35.5. The smallest absolute Gasteiger partial charge is 0.141 e. The molecule has 1 aromatic rings. The first-order chi connectivity index (χ1) is 9.18. The first kappa shape index (κ1) is 14.6. The SMILES string of the molecule is Cc1ccc(Cl)c(OCCC[NH+]2CCOCC2)c1C. The third-order valence-electron chi connectivity index (χ3n) is 3.75. The van der Waals surface area contributed by atoms with Gasteiger partial charge in [0, 0.05) is 6.42 Å². The van der Waals surface area contributed by atoms with Crippen LogP contribution in [0.25, 0.3) is 0 Å². The van der Waals surface area contributed by atoms with Crippen molar-refractivity contribution >= 4 is 11.6 Å². The molecule has 0 aromatic heterocycles. The molecule has 0 radical (unpaired) electrons. The molecule has 2 rings (SSSR count). The van der Waals surface area contributed by atoms with Gasteiger partial charge in [0.2, 0.25) is 0 Å². The van der Waals surface area contributed by atoms with Crippen molar-refractivity contribution in [1.29, 1.82) is 0 Å². The van der Waals surface area contributed by atoms with E-state index in [0.717, 1.165) is 57.2 Å². The van der Waals surface area contributed by atoms with Gasteiger partial charge in [-0.3, -0.25) is 0 Å². The Bertz CT molecular complexity index is 417. The van der Waals surface area contributed by atoms with E-state index in [9.17, 15) is 0 Å². The van der Waals surface area contributed by atoms with E-state index in [-0.39, 0.29) is 0 Å². The van der Waals surface area contributed by atoms with E-state index in [0.29, 0.717) is 5.02 Å². The van der Waals surface area contributed by atoms with E-state index >= 15 is 0 Å². The molecule has 0 atom stereocenters. The fourth-order valence-electron chi connectivity index (χ4n) is 2.34. The molecule has 1 aliphatic heterocycles. The maximum atomic E-state index is 6.18. The van der Waals surface area contributed by atoms with E-state index in [1.165, 1.54) is 5.56 Å². The molecule has 0 bridgehead atoms. The third-order valence-corrected chi connectivity index (χ3v) is 4.05. The van der Waals surface area contributed by atoms with Crippen molar-refractivity contribution in [3.05, 3.63) is 28.3 Å². The summed E-state index contributed by atoms with van der Waals surface area (Å²) in [5.74, 6) is 0.846. The molecule has 0 aliphatic carbocycles. The second-order valence-corrected chi connectivity index (χ2v) is 5.54. The lowest BCUT2D eigenvalue weighted by atomic mass is 10.1. The van der Waals surface area contributed by atoms with Crippen molar-refractivity contribution in [2.45, 2.75) is 20.3 Å². The molecule has 0 spiro atoms. The van der Waals surface area contributed by atoms with Crippen LogP contribution in [0.2, 0.25) is 5.02 Å². The lowest BCUT2D eigenvalue weighted by Gasteiger charge is -2.23. The normalized spacial score (nSPS) is 16.6. The minimum absolute atomic E-state index is 0.710. The molecule has 4 heteroatoms. The number of ether oxygens (including phenoxy) is 2. The number of morpholine rings is 1. The third kappa shape index (κ3) is 4.10. The maximum Gasteiger partial charge on any atom is 0.141 e. The van der Waals surface area contributed by atoms with Crippen LogP contribution in [0.4, 0.5) is 0 Å². The lowest BCUT2D eigenvalue weighted by Crippen LogP contribution is -3.14. The van der Waals surface area contributed by atoms with Crippen LogP contribution in [-0.2, 0) is 4.74 Å². The van der Waals surface area contributed by atoms with E-state index in [1.807, 2.05) is 12.1 Å². The summed E-state index contributed by atoms with van der Waals surface area (Å²) < 4.78 is 11.2. The lowest BCUT2D eigenvalue weighted by molar-refractivity contribution is -0.908. The number of aryl methyl sites for hydroxylation is 1. The van der Waals surface area contributed by atoms with Gasteiger partial charge in [0.05, 0.1) is 31.4 Å². The highest BCUT2D eigenvalue weighted by Crippen LogP contribution is 2.30. The summed E-state index contributed by atoms with van der Waals surface area (Å²) >= 11 is 6.18. The van der Waals surface area contributed by atoms with Crippen molar-refractivity contribution in [3.8, 4) is 5.75 Å². The zero-order chi connectivity index (χ0) is 13.7. The standard InChI is InChI=1S/C15H22ClNO2/c1-12-4-5-14(16)15(13(12)2)19-9-3-6-17-7-10-18-11-8-17/h4-5H,3,6-11H2,1-2H3/p+1. The Labute approximate surface area is 120 Å². The molecule has 1 N–H and O–H groups in total. The zero-order valence-electron chi connectivity index (χ0n) is 11.8. The van der Waals surface area contributed by atoms with Crippen LogP contribution in [0, 0.1) is 13.8 Å². The van der Waals surface area contributed by atoms with Gasteiger partial charge in [-0.05, 0) is 31.0 Å². The van der Waals surface area contributed by atoms with Gasteiger partial charge in [0.25, 0.3) is 0 Å². The van der Waals surface area contributed by atoms with Crippen LogP contribution in [0.15, 0.2) is 12.1 Å². The summed E-state index contributed by atoms with van der Waals surface area (Å²) in [5, 5.41) is 0.710. The van der Waals surface area contributed by atoms with Gasteiger partial charge in [-0.2, -0.15) is 0 Å². The Balaban J connectivity index is 1.77. The first-order valence-corrected chi connectivity index (χ1v) is 7.36. The number of benzene rings is 1. The molecule has 1 heterocycles. The van der Waals surface area contributed by atoms with Crippen molar-refractivity contribution in [2.24, 2.45) is 0 Å². The molecule has 1 fully saturated rings. The summed E-state index contributed by atoms with van der Waals surface area (Å²) in [7, 11) is 0. The topological polar surface area (TPSA) is 22.9 Å². The highest BCUT2D eigenvalue weighted by molar-refractivity contribution is 6.32. The zero-order valence-corrected chi connectivity index (χ0v) is 12.6. The van der Waals surface area contributed by atoms with Gasteiger partial charge >= 0.3 is 0 Å². The fourth-order valence-corrected chi connectivity index (χ4v) is 2.60. The monoisotopic (exact) mass is 284 g/mol. The minimum atomic E-state index is 0.710. The summed E-state index contributed by atoms with van der Waals surface area (Å²) in [6, 6.07) is 3.94. The first-order valence-electron chi connectivity index (χ1n) is 6.98. The van der Waals surface area contributed by atoms with E-state index in [2.05, 4.69) is 13.8 Å².